The van der Waals surface area contributed by atoms with Gasteiger partial charge in [-0.15, -0.1) is 0 Å². The van der Waals surface area contributed by atoms with E-state index in [-0.39, 0.29) is 12.3 Å². The molecule has 0 aliphatic heterocycles. The van der Waals surface area contributed by atoms with Crippen molar-refractivity contribution in [2.24, 2.45) is 5.73 Å². The standard InChI is InChI=1S/C12H22N2O3/c1-3-12(4-2,10(16)17)14-9(15)8-11(13)6-5-7-11/h3-8,13H2,1-2H3,(H,14,15)(H,16,17). The van der Waals surface area contributed by atoms with Crippen molar-refractivity contribution in [3.63, 3.8) is 0 Å². The molecule has 1 fully saturated rings. The molecule has 0 unspecified atom stereocenters. The van der Waals surface area contributed by atoms with E-state index < -0.39 is 17.0 Å². The van der Waals surface area contributed by atoms with E-state index in [4.69, 9.17) is 5.73 Å². The van der Waals surface area contributed by atoms with E-state index in [1.165, 1.54) is 0 Å². The largest absolute Gasteiger partial charge is 0.480 e. The van der Waals surface area contributed by atoms with Gasteiger partial charge >= 0.3 is 5.97 Å². The van der Waals surface area contributed by atoms with Crippen molar-refractivity contribution in [2.75, 3.05) is 0 Å². The van der Waals surface area contributed by atoms with Gasteiger partial charge in [0.05, 0.1) is 0 Å². The molecule has 0 atom stereocenters. The summed E-state index contributed by atoms with van der Waals surface area (Å²) >= 11 is 0. The molecule has 0 bridgehead atoms. The highest BCUT2D eigenvalue weighted by molar-refractivity contribution is 5.87. The molecule has 5 heteroatoms. The quantitative estimate of drug-likeness (QED) is 0.648. The Bertz CT molecular complexity index is 307. The summed E-state index contributed by atoms with van der Waals surface area (Å²) in [4.78, 5) is 23.1. The second kappa shape index (κ2) is 5.04. The lowest BCUT2D eigenvalue weighted by atomic mass is 9.75. The number of amides is 1. The third-order valence-corrected chi connectivity index (χ3v) is 3.86. The van der Waals surface area contributed by atoms with Crippen LogP contribution in [0.2, 0.25) is 0 Å². The maximum absolute atomic E-state index is 11.8. The number of carboxylic acid groups (broad SMARTS) is 1. The minimum atomic E-state index is -1.14. The first-order valence-corrected chi connectivity index (χ1v) is 6.21. The van der Waals surface area contributed by atoms with E-state index in [2.05, 4.69) is 5.32 Å². The number of rotatable bonds is 6. The van der Waals surface area contributed by atoms with Crippen LogP contribution in [0.1, 0.15) is 52.4 Å². The predicted molar refractivity (Wildman–Crippen MR) is 64.5 cm³/mol. The van der Waals surface area contributed by atoms with Gasteiger partial charge in [0.2, 0.25) is 5.91 Å². The lowest BCUT2D eigenvalue weighted by molar-refractivity contribution is -0.148. The molecule has 5 nitrogen and oxygen atoms in total. The van der Waals surface area contributed by atoms with Crippen molar-refractivity contribution in [2.45, 2.75) is 63.5 Å². The fraction of sp³-hybridized carbons (Fsp3) is 0.833. The molecule has 1 rings (SSSR count). The zero-order valence-corrected chi connectivity index (χ0v) is 10.6. The highest BCUT2D eigenvalue weighted by atomic mass is 16.4. The molecule has 0 radical (unpaired) electrons. The van der Waals surface area contributed by atoms with Crippen LogP contribution in [0.15, 0.2) is 0 Å². The highest BCUT2D eigenvalue weighted by Gasteiger charge is 2.40. The summed E-state index contributed by atoms with van der Waals surface area (Å²) in [5.41, 5.74) is 4.42. The van der Waals surface area contributed by atoms with E-state index in [1.807, 2.05) is 0 Å². The Morgan fingerprint density at radius 1 is 1.35 bits per heavy atom. The van der Waals surface area contributed by atoms with Crippen molar-refractivity contribution in [3.8, 4) is 0 Å². The number of hydrogen-bond donors (Lipinski definition) is 3. The monoisotopic (exact) mass is 242 g/mol. The van der Waals surface area contributed by atoms with Gasteiger partial charge in [-0.2, -0.15) is 0 Å². The first kappa shape index (κ1) is 14.0. The molecule has 1 amide bonds. The number of carbonyl (C=O) groups excluding carboxylic acids is 1. The Balaban J connectivity index is 2.61. The molecule has 4 N–H and O–H groups in total. The van der Waals surface area contributed by atoms with Crippen LogP contribution in [0, 0.1) is 0 Å². The first-order valence-electron chi connectivity index (χ1n) is 6.21. The maximum atomic E-state index is 11.8. The lowest BCUT2D eigenvalue weighted by Gasteiger charge is -2.38. The van der Waals surface area contributed by atoms with Crippen molar-refractivity contribution in [3.05, 3.63) is 0 Å². The van der Waals surface area contributed by atoms with Crippen LogP contribution in [0.3, 0.4) is 0 Å². The molecule has 1 saturated carbocycles. The first-order chi connectivity index (χ1) is 7.87. The Morgan fingerprint density at radius 2 is 1.88 bits per heavy atom. The highest BCUT2D eigenvalue weighted by Crippen LogP contribution is 2.32. The van der Waals surface area contributed by atoms with Crippen LogP contribution in [0.25, 0.3) is 0 Å². The van der Waals surface area contributed by atoms with Gasteiger partial charge in [-0.1, -0.05) is 13.8 Å². The molecule has 0 saturated heterocycles. The molecule has 1 aliphatic rings. The second-order valence-corrected chi connectivity index (χ2v) is 5.04. The Labute approximate surface area is 102 Å². The van der Waals surface area contributed by atoms with Crippen LogP contribution in [-0.2, 0) is 9.59 Å². The SMILES string of the molecule is CCC(CC)(NC(=O)CC1(N)CCC1)C(=O)O. The summed E-state index contributed by atoms with van der Waals surface area (Å²) in [5.74, 6) is -1.23. The Hall–Kier alpha value is -1.10. The molecule has 0 aromatic heterocycles. The summed E-state index contributed by atoms with van der Waals surface area (Å²) in [6.45, 7) is 3.53. The number of hydrogen-bond acceptors (Lipinski definition) is 3. The van der Waals surface area contributed by atoms with Crippen LogP contribution in [0.5, 0.6) is 0 Å². The Kier molecular flexibility index (Phi) is 4.14. The topological polar surface area (TPSA) is 92.4 Å². The number of nitrogens with one attached hydrogen (secondary N) is 1. The van der Waals surface area contributed by atoms with E-state index in [9.17, 15) is 14.7 Å². The molecule has 0 aromatic carbocycles. The van der Waals surface area contributed by atoms with Crippen molar-refractivity contribution in [1.82, 2.24) is 5.32 Å². The third kappa shape index (κ3) is 2.97. The summed E-state index contributed by atoms with van der Waals surface area (Å²) < 4.78 is 0. The number of aliphatic carboxylic acids is 1. The van der Waals surface area contributed by atoms with Gasteiger partial charge in [-0.25, -0.2) is 4.79 Å². The maximum Gasteiger partial charge on any atom is 0.329 e. The summed E-state index contributed by atoms with van der Waals surface area (Å²) in [7, 11) is 0. The minimum absolute atomic E-state index is 0.224. The fourth-order valence-corrected chi connectivity index (χ4v) is 2.22. The van der Waals surface area contributed by atoms with E-state index in [0.29, 0.717) is 12.8 Å². The number of carbonyl (C=O) groups is 2. The predicted octanol–water partition coefficient (Wildman–Crippen LogP) is 1.02. The smallest absolute Gasteiger partial charge is 0.329 e. The number of carboxylic acids is 1. The molecule has 17 heavy (non-hydrogen) atoms. The molecular weight excluding hydrogens is 220 g/mol. The van der Waals surface area contributed by atoms with Gasteiger partial charge in [0.25, 0.3) is 0 Å². The van der Waals surface area contributed by atoms with E-state index in [0.717, 1.165) is 19.3 Å². The average Bonchev–Trinajstić information content (AvgIpc) is 2.23. The normalized spacial score (nSPS) is 18.3. The van der Waals surface area contributed by atoms with Gasteiger partial charge in [0, 0.05) is 12.0 Å². The summed E-state index contributed by atoms with van der Waals surface area (Å²) in [6.07, 6.45) is 3.72. The second-order valence-electron chi connectivity index (χ2n) is 5.04. The Morgan fingerprint density at radius 3 is 2.18 bits per heavy atom. The van der Waals surface area contributed by atoms with Gasteiger partial charge in [0.1, 0.15) is 5.54 Å². The van der Waals surface area contributed by atoms with Crippen LogP contribution in [-0.4, -0.2) is 28.1 Å². The minimum Gasteiger partial charge on any atom is -0.480 e. The van der Waals surface area contributed by atoms with Crippen molar-refractivity contribution >= 4 is 11.9 Å². The van der Waals surface area contributed by atoms with Gasteiger partial charge in [0.15, 0.2) is 0 Å². The van der Waals surface area contributed by atoms with Crippen LogP contribution < -0.4 is 11.1 Å². The fourth-order valence-electron chi connectivity index (χ4n) is 2.22. The molecule has 0 aromatic rings. The van der Waals surface area contributed by atoms with E-state index in [1.54, 1.807) is 13.8 Å². The van der Waals surface area contributed by atoms with Gasteiger partial charge in [-0.05, 0) is 32.1 Å². The third-order valence-electron chi connectivity index (χ3n) is 3.86. The van der Waals surface area contributed by atoms with Crippen molar-refractivity contribution in [1.29, 1.82) is 0 Å². The zero-order valence-electron chi connectivity index (χ0n) is 10.6. The molecule has 1 aliphatic carbocycles. The summed E-state index contributed by atoms with van der Waals surface area (Å²) in [6, 6.07) is 0. The zero-order chi connectivity index (χ0) is 13.1. The van der Waals surface area contributed by atoms with E-state index >= 15 is 0 Å². The number of nitrogens with two attached hydrogens (primary N) is 1. The molecule has 0 heterocycles. The van der Waals surface area contributed by atoms with Crippen LogP contribution >= 0.6 is 0 Å². The molecule has 98 valence electrons. The van der Waals surface area contributed by atoms with Gasteiger partial charge < -0.3 is 16.2 Å². The molecular formula is C12H22N2O3. The average molecular weight is 242 g/mol. The van der Waals surface area contributed by atoms with Crippen molar-refractivity contribution < 1.29 is 14.7 Å². The van der Waals surface area contributed by atoms with Crippen LogP contribution in [0.4, 0.5) is 0 Å². The summed E-state index contributed by atoms with van der Waals surface area (Å²) in [5, 5.41) is 11.8. The molecule has 0 spiro atoms. The van der Waals surface area contributed by atoms with Gasteiger partial charge in [-0.3, -0.25) is 4.79 Å². The lowest BCUT2D eigenvalue weighted by Crippen LogP contribution is -2.57.